The third kappa shape index (κ3) is 1.89. The SMILES string of the molecule is CCCCC(C#N)n1nnc2ccccc21. The van der Waals surface area contributed by atoms with Crippen molar-refractivity contribution in [3.05, 3.63) is 24.3 Å². The molecule has 1 aromatic carbocycles. The van der Waals surface area contributed by atoms with Gasteiger partial charge in [0.1, 0.15) is 11.6 Å². The van der Waals surface area contributed by atoms with Crippen molar-refractivity contribution in [2.75, 3.05) is 0 Å². The Morgan fingerprint density at radius 2 is 2.25 bits per heavy atom. The van der Waals surface area contributed by atoms with E-state index in [1.54, 1.807) is 4.68 Å². The third-order valence-corrected chi connectivity index (χ3v) is 2.65. The number of hydrogen-bond donors (Lipinski definition) is 0. The van der Waals surface area contributed by atoms with Crippen LogP contribution in [0.15, 0.2) is 24.3 Å². The standard InChI is InChI=1S/C12H14N4/c1-2-3-6-10(9-13)16-12-8-5-4-7-11(12)14-15-16/h4-5,7-8,10H,2-3,6H2,1H3. The molecule has 0 amide bonds. The number of rotatable bonds is 4. The Morgan fingerprint density at radius 3 is 3.00 bits per heavy atom. The van der Waals surface area contributed by atoms with Gasteiger partial charge in [-0.2, -0.15) is 5.26 Å². The molecule has 2 rings (SSSR count). The molecule has 16 heavy (non-hydrogen) atoms. The molecular formula is C12H14N4. The number of nitriles is 1. The maximum Gasteiger partial charge on any atom is 0.141 e. The maximum atomic E-state index is 9.15. The Hall–Kier alpha value is -1.89. The van der Waals surface area contributed by atoms with Gasteiger partial charge in [-0.05, 0) is 18.6 Å². The molecule has 0 bridgehead atoms. The Morgan fingerprint density at radius 1 is 1.44 bits per heavy atom. The van der Waals surface area contributed by atoms with Gasteiger partial charge in [0.25, 0.3) is 0 Å². The number of fused-ring (bicyclic) bond motifs is 1. The molecule has 1 unspecified atom stereocenters. The number of hydrogen-bond acceptors (Lipinski definition) is 3. The van der Waals surface area contributed by atoms with E-state index < -0.39 is 0 Å². The minimum absolute atomic E-state index is 0.202. The Bertz CT molecular complexity index is 509. The van der Waals surface area contributed by atoms with Crippen molar-refractivity contribution in [1.29, 1.82) is 5.26 Å². The molecule has 0 saturated heterocycles. The zero-order valence-corrected chi connectivity index (χ0v) is 9.30. The van der Waals surface area contributed by atoms with Gasteiger partial charge in [0, 0.05) is 0 Å². The number of benzene rings is 1. The second-order valence-electron chi connectivity index (χ2n) is 3.81. The summed E-state index contributed by atoms with van der Waals surface area (Å²) in [4.78, 5) is 0. The first-order valence-electron chi connectivity index (χ1n) is 5.56. The van der Waals surface area contributed by atoms with E-state index in [1.165, 1.54) is 0 Å². The molecule has 0 aliphatic rings. The summed E-state index contributed by atoms with van der Waals surface area (Å²) in [6.45, 7) is 2.12. The van der Waals surface area contributed by atoms with E-state index in [9.17, 15) is 0 Å². The molecule has 0 fully saturated rings. The lowest BCUT2D eigenvalue weighted by Gasteiger charge is -2.08. The lowest BCUT2D eigenvalue weighted by molar-refractivity contribution is 0.493. The average molecular weight is 214 g/mol. The quantitative estimate of drug-likeness (QED) is 0.786. The molecule has 0 saturated carbocycles. The van der Waals surface area contributed by atoms with Gasteiger partial charge in [-0.1, -0.05) is 37.1 Å². The van der Waals surface area contributed by atoms with Crippen LogP contribution in [-0.2, 0) is 0 Å². The molecule has 0 N–H and O–H groups in total. The van der Waals surface area contributed by atoms with E-state index in [0.29, 0.717) is 0 Å². The van der Waals surface area contributed by atoms with Gasteiger partial charge in [-0.3, -0.25) is 0 Å². The second kappa shape index (κ2) is 4.75. The Balaban J connectivity index is 2.34. The predicted octanol–water partition coefficient (Wildman–Crippen LogP) is 2.69. The average Bonchev–Trinajstić information content (AvgIpc) is 2.75. The molecule has 0 spiro atoms. The Kier molecular flexibility index (Phi) is 3.16. The number of nitrogens with zero attached hydrogens (tertiary/aromatic N) is 4. The minimum atomic E-state index is -0.202. The highest BCUT2D eigenvalue weighted by Crippen LogP contribution is 2.19. The highest BCUT2D eigenvalue weighted by atomic mass is 15.4. The fourth-order valence-electron chi connectivity index (χ4n) is 1.76. The van der Waals surface area contributed by atoms with Crippen molar-refractivity contribution in [1.82, 2.24) is 15.0 Å². The van der Waals surface area contributed by atoms with Crippen LogP contribution in [0.3, 0.4) is 0 Å². The summed E-state index contributed by atoms with van der Waals surface area (Å²) in [5.41, 5.74) is 1.78. The van der Waals surface area contributed by atoms with Crippen molar-refractivity contribution in [3.8, 4) is 6.07 Å². The van der Waals surface area contributed by atoms with Crippen LogP contribution in [0.5, 0.6) is 0 Å². The van der Waals surface area contributed by atoms with Crippen molar-refractivity contribution >= 4 is 11.0 Å². The molecule has 1 heterocycles. The smallest absolute Gasteiger partial charge is 0.141 e. The van der Waals surface area contributed by atoms with Crippen LogP contribution in [0.25, 0.3) is 11.0 Å². The van der Waals surface area contributed by atoms with Crippen LogP contribution < -0.4 is 0 Å². The topological polar surface area (TPSA) is 54.5 Å². The van der Waals surface area contributed by atoms with E-state index in [2.05, 4.69) is 23.3 Å². The molecule has 0 aliphatic heterocycles. The van der Waals surface area contributed by atoms with Gasteiger partial charge in [-0.15, -0.1) is 5.10 Å². The van der Waals surface area contributed by atoms with E-state index >= 15 is 0 Å². The van der Waals surface area contributed by atoms with Gasteiger partial charge in [0.2, 0.25) is 0 Å². The Labute approximate surface area is 94.5 Å². The summed E-state index contributed by atoms with van der Waals surface area (Å²) in [7, 11) is 0. The van der Waals surface area contributed by atoms with E-state index in [1.807, 2.05) is 24.3 Å². The summed E-state index contributed by atoms with van der Waals surface area (Å²) < 4.78 is 1.73. The van der Waals surface area contributed by atoms with Crippen molar-refractivity contribution < 1.29 is 0 Å². The van der Waals surface area contributed by atoms with Gasteiger partial charge in [-0.25, -0.2) is 4.68 Å². The van der Waals surface area contributed by atoms with E-state index in [4.69, 9.17) is 5.26 Å². The first kappa shape index (κ1) is 10.6. The summed E-state index contributed by atoms with van der Waals surface area (Å²) in [5.74, 6) is 0. The molecule has 2 aromatic rings. The first-order chi connectivity index (χ1) is 7.86. The van der Waals surface area contributed by atoms with E-state index in [0.717, 1.165) is 30.3 Å². The molecule has 1 aromatic heterocycles. The summed E-state index contributed by atoms with van der Waals surface area (Å²) in [5, 5.41) is 17.3. The summed E-state index contributed by atoms with van der Waals surface area (Å²) >= 11 is 0. The third-order valence-electron chi connectivity index (χ3n) is 2.65. The lowest BCUT2D eigenvalue weighted by Crippen LogP contribution is -2.08. The van der Waals surface area contributed by atoms with Gasteiger partial charge in [0.05, 0.1) is 11.6 Å². The van der Waals surface area contributed by atoms with Crippen LogP contribution >= 0.6 is 0 Å². The summed E-state index contributed by atoms with van der Waals surface area (Å²) in [6, 6.07) is 9.82. The molecule has 1 atom stereocenters. The molecular weight excluding hydrogens is 200 g/mol. The highest BCUT2D eigenvalue weighted by molar-refractivity contribution is 5.74. The van der Waals surface area contributed by atoms with Crippen LogP contribution in [0.2, 0.25) is 0 Å². The molecule has 0 aliphatic carbocycles. The molecule has 4 heteroatoms. The van der Waals surface area contributed by atoms with Crippen molar-refractivity contribution in [2.24, 2.45) is 0 Å². The van der Waals surface area contributed by atoms with Gasteiger partial charge >= 0.3 is 0 Å². The zero-order chi connectivity index (χ0) is 11.4. The van der Waals surface area contributed by atoms with Crippen LogP contribution in [0, 0.1) is 11.3 Å². The monoisotopic (exact) mass is 214 g/mol. The molecule has 82 valence electrons. The highest BCUT2D eigenvalue weighted by Gasteiger charge is 2.13. The normalized spacial score (nSPS) is 12.5. The van der Waals surface area contributed by atoms with Gasteiger partial charge < -0.3 is 0 Å². The van der Waals surface area contributed by atoms with E-state index in [-0.39, 0.29) is 6.04 Å². The fourth-order valence-corrected chi connectivity index (χ4v) is 1.76. The minimum Gasteiger partial charge on any atom is -0.227 e. The summed E-state index contributed by atoms with van der Waals surface area (Å²) in [6.07, 6.45) is 2.96. The first-order valence-corrected chi connectivity index (χ1v) is 5.56. The fraction of sp³-hybridized carbons (Fsp3) is 0.417. The largest absolute Gasteiger partial charge is 0.227 e. The number of aromatic nitrogens is 3. The van der Waals surface area contributed by atoms with Crippen molar-refractivity contribution in [3.63, 3.8) is 0 Å². The van der Waals surface area contributed by atoms with Crippen molar-refractivity contribution in [2.45, 2.75) is 32.2 Å². The number of para-hydroxylation sites is 1. The van der Waals surface area contributed by atoms with Crippen LogP contribution in [0.1, 0.15) is 32.2 Å². The molecule has 0 radical (unpaired) electrons. The maximum absolute atomic E-state index is 9.15. The molecule has 4 nitrogen and oxygen atoms in total. The second-order valence-corrected chi connectivity index (χ2v) is 3.81. The number of unbranched alkanes of at least 4 members (excludes halogenated alkanes) is 1. The zero-order valence-electron chi connectivity index (χ0n) is 9.30. The lowest BCUT2D eigenvalue weighted by atomic mass is 10.1. The van der Waals surface area contributed by atoms with Gasteiger partial charge in [0.15, 0.2) is 0 Å². The van der Waals surface area contributed by atoms with Crippen LogP contribution in [-0.4, -0.2) is 15.0 Å². The predicted molar refractivity (Wildman–Crippen MR) is 61.7 cm³/mol. The van der Waals surface area contributed by atoms with Crippen LogP contribution in [0.4, 0.5) is 0 Å².